The highest BCUT2D eigenvalue weighted by atomic mass is 32.2. The average Bonchev–Trinajstić information content (AvgIpc) is 2.44. The van der Waals surface area contributed by atoms with Gasteiger partial charge in [-0.3, -0.25) is 0 Å². The Bertz CT molecular complexity index is 584. The molecule has 0 bridgehead atoms. The third-order valence-corrected chi connectivity index (χ3v) is 4.01. The molecule has 8 heteroatoms. The largest absolute Gasteiger partial charge is 0.493 e. The van der Waals surface area contributed by atoms with E-state index in [1.54, 1.807) is 0 Å². The second kappa shape index (κ2) is 7.96. The fourth-order valence-corrected chi connectivity index (χ4v) is 2.58. The van der Waals surface area contributed by atoms with Gasteiger partial charge in [-0.05, 0) is 24.6 Å². The number of aromatic carboxylic acids is 1. The maximum atomic E-state index is 12.0. The van der Waals surface area contributed by atoms with Crippen LogP contribution >= 0.6 is 0 Å². The standard InChI is InChI=1S/C13H19NO6S/c1-3-7-20-12-5-4-10(9-11(12)13(15)16)21(17,18)14-6-8-19-2/h4-5,9,14H,3,6-8H2,1-2H3,(H,15,16). The van der Waals surface area contributed by atoms with Gasteiger partial charge in [0.2, 0.25) is 10.0 Å². The lowest BCUT2D eigenvalue weighted by atomic mass is 10.2. The molecule has 0 unspecified atom stereocenters. The topological polar surface area (TPSA) is 102 Å². The third kappa shape index (κ3) is 5.00. The quantitative estimate of drug-likeness (QED) is 0.661. The molecule has 0 spiro atoms. The zero-order chi connectivity index (χ0) is 15.9. The normalized spacial score (nSPS) is 11.3. The molecule has 0 amide bonds. The number of carboxylic acid groups (broad SMARTS) is 1. The molecule has 0 saturated carbocycles. The Morgan fingerprint density at radius 3 is 2.62 bits per heavy atom. The number of hydrogen-bond acceptors (Lipinski definition) is 5. The third-order valence-electron chi connectivity index (χ3n) is 2.55. The number of sulfonamides is 1. The molecule has 0 aromatic heterocycles. The van der Waals surface area contributed by atoms with E-state index in [4.69, 9.17) is 14.6 Å². The molecule has 0 atom stereocenters. The molecule has 21 heavy (non-hydrogen) atoms. The predicted molar refractivity (Wildman–Crippen MR) is 76.3 cm³/mol. The summed E-state index contributed by atoms with van der Waals surface area (Å²) in [7, 11) is -2.32. The van der Waals surface area contributed by atoms with Crippen molar-refractivity contribution in [3.8, 4) is 5.75 Å². The second-order valence-corrected chi connectivity index (χ2v) is 5.97. The molecule has 118 valence electrons. The van der Waals surface area contributed by atoms with Crippen molar-refractivity contribution in [3.05, 3.63) is 23.8 Å². The molecular formula is C13H19NO6S. The van der Waals surface area contributed by atoms with Gasteiger partial charge in [0.25, 0.3) is 0 Å². The van der Waals surface area contributed by atoms with E-state index in [0.29, 0.717) is 6.61 Å². The van der Waals surface area contributed by atoms with Crippen molar-refractivity contribution in [2.24, 2.45) is 0 Å². The number of nitrogens with one attached hydrogen (secondary N) is 1. The molecule has 0 fully saturated rings. The van der Waals surface area contributed by atoms with Crippen LogP contribution in [0.25, 0.3) is 0 Å². The second-order valence-electron chi connectivity index (χ2n) is 4.20. The Hall–Kier alpha value is -1.64. The van der Waals surface area contributed by atoms with Gasteiger partial charge in [-0.1, -0.05) is 6.92 Å². The first-order valence-corrected chi connectivity index (χ1v) is 7.89. The summed E-state index contributed by atoms with van der Waals surface area (Å²) >= 11 is 0. The Morgan fingerprint density at radius 1 is 1.33 bits per heavy atom. The Kier molecular flexibility index (Phi) is 6.60. The molecule has 0 radical (unpaired) electrons. The number of ether oxygens (including phenoxy) is 2. The number of carboxylic acids is 1. The molecule has 0 aliphatic heterocycles. The van der Waals surface area contributed by atoms with Gasteiger partial charge in [-0.25, -0.2) is 17.9 Å². The highest BCUT2D eigenvalue weighted by Crippen LogP contribution is 2.23. The first-order valence-electron chi connectivity index (χ1n) is 6.41. The first-order chi connectivity index (χ1) is 9.92. The molecule has 2 N–H and O–H groups in total. The minimum absolute atomic E-state index is 0.106. The van der Waals surface area contributed by atoms with E-state index in [-0.39, 0.29) is 29.4 Å². The van der Waals surface area contributed by atoms with Crippen molar-refractivity contribution >= 4 is 16.0 Å². The minimum atomic E-state index is -3.77. The molecule has 0 heterocycles. The van der Waals surface area contributed by atoms with E-state index in [2.05, 4.69) is 4.72 Å². The highest BCUT2D eigenvalue weighted by molar-refractivity contribution is 7.89. The van der Waals surface area contributed by atoms with Crippen LogP contribution in [0.4, 0.5) is 0 Å². The van der Waals surface area contributed by atoms with Crippen LogP contribution in [0.5, 0.6) is 5.75 Å². The smallest absolute Gasteiger partial charge is 0.339 e. The SMILES string of the molecule is CCCOc1ccc(S(=O)(=O)NCCOC)cc1C(=O)O. The Balaban J connectivity index is 3.04. The first kappa shape index (κ1) is 17.4. The van der Waals surface area contributed by atoms with Crippen LogP contribution in [0.2, 0.25) is 0 Å². The zero-order valence-corrected chi connectivity index (χ0v) is 12.8. The summed E-state index contributed by atoms with van der Waals surface area (Å²) < 4.78 is 36.4. The van der Waals surface area contributed by atoms with Crippen LogP contribution in [-0.2, 0) is 14.8 Å². The predicted octanol–water partition coefficient (Wildman–Crippen LogP) is 1.10. The van der Waals surface area contributed by atoms with Gasteiger partial charge >= 0.3 is 5.97 Å². The summed E-state index contributed by atoms with van der Waals surface area (Å²) in [5.41, 5.74) is -0.182. The number of hydrogen-bond donors (Lipinski definition) is 2. The lowest BCUT2D eigenvalue weighted by molar-refractivity contribution is 0.0692. The summed E-state index contributed by atoms with van der Waals surface area (Å²) in [4.78, 5) is 11.1. The van der Waals surface area contributed by atoms with Crippen LogP contribution in [0.15, 0.2) is 23.1 Å². The summed E-state index contributed by atoms with van der Waals surface area (Å²) in [6.45, 7) is 2.58. The summed E-state index contributed by atoms with van der Waals surface area (Å²) in [6, 6.07) is 3.75. The average molecular weight is 317 g/mol. The van der Waals surface area contributed by atoms with Gasteiger partial charge in [-0.2, -0.15) is 0 Å². The van der Waals surface area contributed by atoms with Gasteiger partial charge < -0.3 is 14.6 Å². The number of methoxy groups -OCH3 is 1. The number of carbonyl (C=O) groups is 1. The summed E-state index contributed by atoms with van der Waals surface area (Å²) in [6.07, 6.45) is 0.720. The molecule has 1 aromatic rings. The van der Waals surface area contributed by atoms with E-state index in [9.17, 15) is 13.2 Å². The van der Waals surface area contributed by atoms with Crippen molar-refractivity contribution in [2.75, 3.05) is 26.9 Å². The summed E-state index contributed by atoms with van der Waals surface area (Å²) in [5.74, 6) is -1.09. The van der Waals surface area contributed by atoms with Crippen LogP contribution in [0, 0.1) is 0 Å². The fourth-order valence-electron chi connectivity index (χ4n) is 1.54. The van der Waals surface area contributed by atoms with Crippen molar-refractivity contribution in [1.82, 2.24) is 4.72 Å². The molecule has 7 nitrogen and oxygen atoms in total. The monoisotopic (exact) mass is 317 g/mol. The van der Waals surface area contributed by atoms with E-state index in [0.717, 1.165) is 12.5 Å². The van der Waals surface area contributed by atoms with Crippen molar-refractivity contribution < 1.29 is 27.8 Å². The van der Waals surface area contributed by atoms with E-state index in [1.807, 2.05) is 6.92 Å². The maximum Gasteiger partial charge on any atom is 0.339 e. The van der Waals surface area contributed by atoms with Crippen molar-refractivity contribution in [2.45, 2.75) is 18.2 Å². The Labute approximate surface area is 123 Å². The number of benzene rings is 1. The molecular weight excluding hydrogens is 298 g/mol. The van der Waals surface area contributed by atoms with Crippen LogP contribution in [0.1, 0.15) is 23.7 Å². The van der Waals surface area contributed by atoms with E-state index >= 15 is 0 Å². The van der Waals surface area contributed by atoms with Crippen LogP contribution < -0.4 is 9.46 Å². The number of rotatable bonds is 9. The van der Waals surface area contributed by atoms with Crippen molar-refractivity contribution in [3.63, 3.8) is 0 Å². The van der Waals surface area contributed by atoms with E-state index < -0.39 is 16.0 Å². The maximum absolute atomic E-state index is 12.0. The highest BCUT2D eigenvalue weighted by Gasteiger charge is 2.19. The molecule has 0 saturated heterocycles. The van der Waals surface area contributed by atoms with Gasteiger partial charge in [0, 0.05) is 13.7 Å². The van der Waals surface area contributed by atoms with Gasteiger partial charge in [-0.15, -0.1) is 0 Å². The molecule has 0 aliphatic carbocycles. The minimum Gasteiger partial charge on any atom is -0.493 e. The van der Waals surface area contributed by atoms with Gasteiger partial charge in [0.1, 0.15) is 11.3 Å². The van der Waals surface area contributed by atoms with E-state index in [1.165, 1.54) is 19.2 Å². The van der Waals surface area contributed by atoms with Crippen molar-refractivity contribution in [1.29, 1.82) is 0 Å². The Morgan fingerprint density at radius 2 is 2.05 bits per heavy atom. The van der Waals surface area contributed by atoms with Crippen LogP contribution in [0.3, 0.4) is 0 Å². The zero-order valence-electron chi connectivity index (χ0n) is 12.0. The van der Waals surface area contributed by atoms with Crippen LogP contribution in [-0.4, -0.2) is 46.4 Å². The molecule has 1 aromatic carbocycles. The van der Waals surface area contributed by atoms with Gasteiger partial charge in [0.05, 0.1) is 18.1 Å². The summed E-state index contributed by atoms with van der Waals surface area (Å²) in [5, 5.41) is 9.15. The molecule has 0 aliphatic rings. The fraction of sp³-hybridized carbons (Fsp3) is 0.462. The lowest BCUT2D eigenvalue weighted by Gasteiger charge is -2.11. The lowest BCUT2D eigenvalue weighted by Crippen LogP contribution is -2.27. The van der Waals surface area contributed by atoms with Gasteiger partial charge in [0.15, 0.2) is 0 Å². The molecule has 1 rings (SSSR count).